The highest BCUT2D eigenvalue weighted by Gasteiger charge is 2.39. The zero-order chi connectivity index (χ0) is 12.8. The van der Waals surface area contributed by atoms with Crippen molar-refractivity contribution in [2.45, 2.75) is 50.5 Å². The summed E-state index contributed by atoms with van der Waals surface area (Å²) < 4.78 is 5.63. The molecule has 18 heavy (non-hydrogen) atoms. The van der Waals surface area contributed by atoms with Crippen molar-refractivity contribution in [1.29, 1.82) is 0 Å². The lowest BCUT2D eigenvalue weighted by Crippen LogP contribution is -2.43. The molecule has 1 aromatic carbocycles. The van der Waals surface area contributed by atoms with Gasteiger partial charge in [0.2, 0.25) is 0 Å². The van der Waals surface area contributed by atoms with Gasteiger partial charge in [0.05, 0.1) is 12.2 Å². The average molecular weight is 248 g/mol. The van der Waals surface area contributed by atoms with Gasteiger partial charge < -0.3 is 9.84 Å². The predicted molar refractivity (Wildman–Crippen MR) is 73.7 cm³/mol. The molecule has 1 aliphatic rings. The van der Waals surface area contributed by atoms with Gasteiger partial charge in [-0.05, 0) is 24.8 Å². The van der Waals surface area contributed by atoms with Crippen LogP contribution in [0.15, 0.2) is 30.3 Å². The van der Waals surface area contributed by atoms with Gasteiger partial charge in [-0.2, -0.15) is 0 Å². The first-order valence-electron chi connectivity index (χ1n) is 7.11. The molecule has 2 nitrogen and oxygen atoms in total. The van der Waals surface area contributed by atoms with Crippen molar-refractivity contribution < 1.29 is 9.84 Å². The third-order valence-electron chi connectivity index (χ3n) is 3.90. The molecule has 1 aliphatic carbocycles. The van der Waals surface area contributed by atoms with E-state index >= 15 is 0 Å². The number of rotatable bonds is 5. The Labute approximate surface area is 110 Å². The predicted octanol–water partition coefficient (Wildman–Crippen LogP) is 3.50. The molecule has 0 heterocycles. The van der Waals surface area contributed by atoms with E-state index in [1.54, 1.807) is 0 Å². The van der Waals surface area contributed by atoms with E-state index in [4.69, 9.17) is 4.74 Å². The number of hydrogen-bond donors (Lipinski definition) is 1. The van der Waals surface area contributed by atoms with Gasteiger partial charge in [-0.25, -0.2) is 0 Å². The molecule has 1 aromatic rings. The van der Waals surface area contributed by atoms with Crippen LogP contribution in [-0.4, -0.2) is 23.9 Å². The maximum atomic E-state index is 10.9. The second-order valence-electron chi connectivity index (χ2n) is 5.37. The molecule has 2 atom stereocenters. The first-order valence-corrected chi connectivity index (χ1v) is 7.11. The monoisotopic (exact) mass is 248 g/mol. The molecule has 1 saturated carbocycles. The Kier molecular flexibility index (Phi) is 4.79. The topological polar surface area (TPSA) is 29.5 Å². The molecule has 0 radical (unpaired) electrons. The normalized spacial score (nSPS) is 28.2. The van der Waals surface area contributed by atoms with Crippen LogP contribution >= 0.6 is 0 Å². The van der Waals surface area contributed by atoms with Crippen LogP contribution in [0.2, 0.25) is 0 Å². The highest BCUT2D eigenvalue weighted by Crippen LogP contribution is 2.41. The molecular formula is C16H24O2. The summed E-state index contributed by atoms with van der Waals surface area (Å²) in [5.41, 5.74) is 0.578. The van der Waals surface area contributed by atoms with E-state index in [1.807, 2.05) is 6.07 Å². The minimum atomic E-state index is -0.672. The fourth-order valence-corrected chi connectivity index (χ4v) is 2.95. The minimum Gasteiger partial charge on any atom is -0.387 e. The van der Waals surface area contributed by atoms with Crippen molar-refractivity contribution in [2.24, 2.45) is 0 Å². The van der Waals surface area contributed by atoms with Gasteiger partial charge in [0, 0.05) is 12.5 Å². The molecule has 2 rings (SSSR count). The largest absolute Gasteiger partial charge is 0.387 e. The molecule has 0 amide bonds. The molecular weight excluding hydrogens is 224 g/mol. The number of aliphatic hydroxyl groups is 1. The zero-order valence-corrected chi connectivity index (χ0v) is 11.3. The van der Waals surface area contributed by atoms with Crippen molar-refractivity contribution in [3.8, 4) is 0 Å². The lowest BCUT2D eigenvalue weighted by molar-refractivity contribution is -0.0826. The zero-order valence-electron chi connectivity index (χ0n) is 11.3. The van der Waals surface area contributed by atoms with Crippen molar-refractivity contribution >= 4 is 0 Å². The average Bonchev–Trinajstić information content (AvgIpc) is 2.40. The van der Waals surface area contributed by atoms with Crippen LogP contribution in [0.4, 0.5) is 0 Å². The number of benzene rings is 1. The Morgan fingerprint density at radius 1 is 1.28 bits per heavy atom. The third kappa shape index (κ3) is 3.12. The first-order chi connectivity index (χ1) is 8.76. The maximum absolute atomic E-state index is 10.9. The van der Waals surface area contributed by atoms with Gasteiger partial charge in [-0.15, -0.1) is 0 Å². The summed E-state index contributed by atoms with van der Waals surface area (Å²) in [6.45, 7) is 3.31. The van der Waals surface area contributed by atoms with Crippen LogP contribution in [0, 0.1) is 0 Å². The van der Waals surface area contributed by atoms with Crippen molar-refractivity contribution in [3.63, 3.8) is 0 Å². The molecule has 1 N–H and O–H groups in total. The summed E-state index contributed by atoms with van der Waals surface area (Å²) in [6.07, 6.45) is 5.24. The van der Waals surface area contributed by atoms with Crippen LogP contribution in [0.1, 0.15) is 50.5 Å². The fraction of sp³-hybridized carbons (Fsp3) is 0.625. The van der Waals surface area contributed by atoms with Gasteiger partial charge in [0.25, 0.3) is 0 Å². The van der Waals surface area contributed by atoms with Crippen molar-refractivity contribution in [1.82, 2.24) is 0 Å². The third-order valence-corrected chi connectivity index (χ3v) is 3.90. The number of hydrogen-bond acceptors (Lipinski definition) is 2. The molecule has 2 heteroatoms. The Morgan fingerprint density at radius 2 is 2.06 bits per heavy atom. The minimum absolute atomic E-state index is 0.226. The Morgan fingerprint density at radius 3 is 2.78 bits per heavy atom. The van der Waals surface area contributed by atoms with Gasteiger partial charge in [-0.1, -0.05) is 50.1 Å². The van der Waals surface area contributed by atoms with Crippen LogP contribution in [0.3, 0.4) is 0 Å². The summed E-state index contributed by atoms with van der Waals surface area (Å²) >= 11 is 0. The van der Waals surface area contributed by atoms with Gasteiger partial charge in [0.15, 0.2) is 0 Å². The van der Waals surface area contributed by atoms with E-state index in [2.05, 4.69) is 31.2 Å². The van der Waals surface area contributed by atoms with Gasteiger partial charge >= 0.3 is 0 Å². The lowest BCUT2D eigenvalue weighted by Gasteiger charge is -2.40. The lowest BCUT2D eigenvalue weighted by atomic mass is 9.72. The molecule has 0 bridgehead atoms. The fourth-order valence-electron chi connectivity index (χ4n) is 2.95. The van der Waals surface area contributed by atoms with E-state index in [0.29, 0.717) is 6.61 Å². The summed E-state index contributed by atoms with van der Waals surface area (Å²) in [4.78, 5) is 0. The van der Waals surface area contributed by atoms with Gasteiger partial charge in [-0.3, -0.25) is 0 Å². The van der Waals surface area contributed by atoms with Crippen molar-refractivity contribution in [3.05, 3.63) is 35.9 Å². The standard InChI is InChI=1S/C16H24O2/c1-2-12-18-13-16(17)11-7-6-10-15(16)14-8-4-3-5-9-14/h3-5,8-9,15,17H,2,6-7,10-13H2,1H3. The number of ether oxygens (including phenoxy) is 1. The Bertz CT molecular complexity index is 349. The highest BCUT2D eigenvalue weighted by atomic mass is 16.5. The SMILES string of the molecule is CCCOCC1(O)CCCCC1c1ccccc1. The van der Waals surface area contributed by atoms with E-state index in [-0.39, 0.29) is 5.92 Å². The Balaban J connectivity index is 2.10. The molecule has 2 unspecified atom stereocenters. The van der Waals surface area contributed by atoms with E-state index in [0.717, 1.165) is 32.3 Å². The Hall–Kier alpha value is -0.860. The van der Waals surface area contributed by atoms with E-state index in [9.17, 15) is 5.11 Å². The second kappa shape index (κ2) is 6.35. The summed E-state index contributed by atoms with van der Waals surface area (Å²) in [5.74, 6) is 0.226. The van der Waals surface area contributed by atoms with E-state index in [1.165, 1.54) is 12.0 Å². The van der Waals surface area contributed by atoms with Crippen molar-refractivity contribution in [2.75, 3.05) is 13.2 Å². The van der Waals surface area contributed by atoms with Gasteiger partial charge in [0.1, 0.15) is 0 Å². The summed E-state index contributed by atoms with van der Waals surface area (Å²) in [7, 11) is 0. The van der Waals surface area contributed by atoms with Crippen LogP contribution < -0.4 is 0 Å². The van der Waals surface area contributed by atoms with Crippen LogP contribution in [0.5, 0.6) is 0 Å². The smallest absolute Gasteiger partial charge is 0.0948 e. The molecule has 0 spiro atoms. The van der Waals surface area contributed by atoms with Crippen LogP contribution in [0.25, 0.3) is 0 Å². The van der Waals surface area contributed by atoms with E-state index < -0.39 is 5.60 Å². The highest BCUT2D eigenvalue weighted by molar-refractivity contribution is 5.23. The molecule has 1 fully saturated rings. The molecule has 0 saturated heterocycles. The second-order valence-corrected chi connectivity index (χ2v) is 5.37. The quantitative estimate of drug-likeness (QED) is 0.808. The molecule has 0 aliphatic heterocycles. The molecule has 100 valence electrons. The first kappa shape index (κ1) is 13.6. The summed E-state index contributed by atoms with van der Waals surface area (Å²) in [6, 6.07) is 10.4. The molecule has 0 aromatic heterocycles. The maximum Gasteiger partial charge on any atom is 0.0948 e. The van der Waals surface area contributed by atoms with Crippen LogP contribution in [-0.2, 0) is 4.74 Å². The summed E-state index contributed by atoms with van der Waals surface area (Å²) in [5, 5.41) is 10.9.